The molecule has 0 saturated heterocycles. The summed E-state index contributed by atoms with van der Waals surface area (Å²) in [5, 5.41) is 12.6. The van der Waals surface area contributed by atoms with E-state index in [2.05, 4.69) is 5.32 Å². The fourth-order valence-electron chi connectivity index (χ4n) is 0.638. The molecule has 0 fully saturated rings. The lowest BCUT2D eigenvalue weighted by atomic mass is 9.99. The Morgan fingerprint density at radius 3 is 2.25 bits per heavy atom. The molecule has 0 saturated carbocycles. The first-order valence-corrected chi connectivity index (χ1v) is 4.36. The molecule has 0 aromatic heterocycles. The van der Waals surface area contributed by atoms with Crippen LogP contribution in [0, 0.1) is 0 Å². The quantitative estimate of drug-likeness (QED) is 0.648. The molecule has 0 aromatic rings. The highest BCUT2D eigenvalue weighted by Gasteiger charge is 2.23. The van der Waals surface area contributed by atoms with Crippen molar-refractivity contribution in [1.82, 2.24) is 5.32 Å². The smallest absolute Gasteiger partial charge is 0.0688 e. The van der Waals surface area contributed by atoms with E-state index >= 15 is 0 Å². The van der Waals surface area contributed by atoms with Crippen molar-refractivity contribution in [1.29, 1.82) is 0 Å². The number of hydrogen-bond donors (Lipinski definition) is 2. The Labute approximate surface area is 75.1 Å². The van der Waals surface area contributed by atoms with Crippen molar-refractivity contribution in [3.63, 3.8) is 0 Å². The third kappa shape index (κ3) is 4.04. The van der Waals surface area contributed by atoms with Crippen molar-refractivity contribution >= 4 is 0 Å². The van der Waals surface area contributed by atoms with Crippen molar-refractivity contribution in [2.24, 2.45) is 0 Å². The summed E-state index contributed by atoms with van der Waals surface area (Å²) in [6.45, 7) is 8.48. The molecule has 74 valence electrons. The summed E-state index contributed by atoms with van der Waals surface area (Å²) in [5.74, 6) is 0. The number of aliphatic hydroxyl groups is 1. The standard InChI is InChI=1S/C9H21NO2/c1-7(12-5)6-10-9(3,4)8(2)11/h7-8,10-11H,6H2,1-5H3. The summed E-state index contributed by atoms with van der Waals surface area (Å²) in [7, 11) is 1.68. The molecule has 0 bridgehead atoms. The molecule has 0 aromatic carbocycles. The highest BCUT2D eigenvalue weighted by atomic mass is 16.5. The van der Waals surface area contributed by atoms with Crippen molar-refractivity contribution in [3.05, 3.63) is 0 Å². The summed E-state index contributed by atoms with van der Waals surface area (Å²) in [5.41, 5.74) is -0.243. The van der Waals surface area contributed by atoms with E-state index in [1.165, 1.54) is 0 Å². The first-order valence-electron chi connectivity index (χ1n) is 4.36. The second kappa shape index (κ2) is 4.80. The summed E-state index contributed by atoms with van der Waals surface area (Å²) in [6.07, 6.45) is -0.176. The van der Waals surface area contributed by atoms with Crippen LogP contribution < -0.4 is 5.32 Å². The molecular formula is C9H21NO2. The second-order valence-electron chi connectivity index (χ2n) is 3.82. The summed E-state index contributed by atoms with van der Waals surface area (Å²) >= 11 is 0. The van der Waals surface area contributed by atoms with Crippen LogP contribution >= 0.6 is 0 Å². The zero-order valence-corrected chi connectivity index (χ0v) is 8.72. The fraction of sp³-hybridized carbons (Fsp3) is 1.00. The minimum atomic E-state index is -0.360. The van der Waals surface area contributed by atoms with Gasteiger partial charge in [-0.1, -0.05) is 0 Å². The van der Waals surface area contributed by atoms with E-state index in [0.717, 1.165) is 6.54 Å². The number of hydrogen-bond acceptors (Lipinski definition) is 3. The van der Waals surface area contributed by atoms with Gasteiger partial charge in [0, 0.05) is 19.2 Å². The minimum absolute atomic E-state index is 0.183. The lowest BCUT2D eigenvalue weighted by Gasteiger charge is -2.30. The van der Waals surface area contributed by atoms with Crippen LogP contribution in [0.5, 0.6) is 0 Å². The molecule has 0 aliphatic carbocycles. The molecule has 12 heavy (non-hydrogen) atoms. The molecule has 0 heterocycles. The lowest BCUT2D eigenvalue weighted by Crippen LogP contribution is -2.50. The normalized spacial score (nSPS) is 17.5. The van der Waals surface area contributed by atoms with Crippen LogP contribution in [-0.2, 0) is 4.74 Å². The minimum Gasteiger partial charge on any atom is -0.392 e. The van der Waals surface area contributed by atoms with Crippen LogP contribution in [-0.4, -0.2) is 36.5 Å². The molecule has 2 atom stereocenters. The average Bonchev–Trinajstić information content (AvgIpc) is 2.00. The lowest BCUT2D eigenvalue weighted by molar-refractivity contribution is 0.0692. The van der Waals surface area contributed by atoms with E-state index in [4.69, 9.17) is 4.74 Å². The predicted octanol–water partition coefficient (Wildman–Crippen LogP) is 0.770. The van der Waals surface area contributed by atoms with Crippen LogP contribution in [0.2, 0.25) is 0 Å². The van der Waals surface area contributed by atoms with E-state index in [0.29, 0.717) is 0 Å². The molecule has 0 spiro atoms. The van der Waals surface area contributed by atoms with Crippen LogP contribution in [0.1, 0.15) is 27.7 Å². The molecular weight excluding hydrogens is 154 g/mol. The molecule has 0 rings (SSSR count). The highest BCUT2D eigenvalue weighted by Crippen LogP contribution is 2.07. The maximum atomic E-state index is 9.36. The van der Waals surface area contributed by atoms with Crippen LogP contribution in [0.15, 0.2) is 0 Å². The maximum absolute atomic E-state index is 9.36. The first-order chi connectivity index (χ1) is 5.40. The van der Waals surface area contributed by atoms with Crippen LogP contribution in [0.3, 0.4) is 0 Å². The van der Waals surface area contributed by atoms with Crippen LogP contribution in [0.4, 0.5) is 0 Å². The Morgan fingerprint density at radius 1 is 1.42 bits per heavy atom. The zero-order valence-electron chi connectivity index (χ0n) is 8.72. The van der Waals surface area contributed by atoms with Gasteiger partial charge in [-0.05, 0) is 27.7 Å². The summed E-state index contributed by atoms with van der Waals surface area (Å²) in [6, 6.07) is 0. The maximum Gasteiger partial charge on any atom is 0.0688 e. The second-order valence-corrected chi connectivity index (χ2v) is 3.82. The van der Waals surface area contributed by atoms with Gasteiger partial charge in [-0.25, -0.2) is 0 Å². The third-order valence-corrected chi connectivity index (χ3v) is 2.29. The zero-order chi connectivity index (χ0) is 9.78. The molecule has 0 amide bonds. The van der Waals surface area contributed by atoms with E-state index in [-0.39, 0.29) is 17.7 Å². The van der Waals surface area contributed by atoms with Gasteiger partial charge < -0.3 is 15.2 Å². The van der Waals surface area contributed by atoms with Crippen molar-refractivity contribution < 1.29 is 9.84 Å². The topological polar surface area (TPSA) is 41.5 Å². The average molecular weight is 175 g/mol. The number of methoxy groups -OCH3 is 1. The van der Waals surface area contributed by atoms with E-state index < -0.39 is 0 Å². The van der Waals surface area contributed by atoms with Crippen molar-refractivity contribution in [2.75, 3.05) is 13.7 Å². The summed E-state index contributed by atoms with van der Waals surface area (Å²) in [4.78, 5) is 0. The van der Waals surface area contributed by atoms with Gasteiger partial charge in [0.1, 0.15) is 0 Å². The van der Waals surface area contributed by atoms with Gasteiger partial charge in [-0.3, -0.25) is 0 Å². The van der Waals surface area contributed by atoms with Crippen molar-refractivity contribution in [3.8, 4) is 0 Å². The predicted molar refractivity (Wildman–Crippen MR) is 50.2 cm³/mol. The van der Waals surface area contributed by atoms with Gasteiger partial charge in [-0.15, -0.1) is 0 Å². The highest BCUT2D eigenvalue weighted by molar-refractivity contribution is 4.83. The molecule has 0 aliphatic heterocycles. The molecule has 3 heteroatoms. The number of nitrogens with one attached hydrogen (secondary N) is 1. The monoisotopic (exact) mass is 175 g/mol. The van der Waals surface area contributed by atoms with E-state index in [9.17, 15) is 5.11 Å². The summed E-state index contributed by atoms with van der Waals surface area (Å²) < 4.78 is 5.08. The SMILES string of the molecule is COC(C)CNC(C)(C)C(C)O. The van der Waals surface area contributed by atoms with Gasteiger partial charge in [0.25, 0.3) is 0 Å². The molecule has 2 N–H and O–H groups in total. The molecule has 3 nitrogen and oxygen atoms in total. The number of aliphatic hydroxyl groups excluding tert-OH is 1. The first kappa shape index (κ1) is 11.9. The largest absolute Gasteiger partial charge is 0.392 e. The van der Waals surface area contributed by atoms with Gasteiger partial charge in [-0.2, -0.15) is 0 Å². The van der Waals surface area contributed by atoms with Crippen molar-refractivity contribution in [2.45, 2.75) is 45.4 Å². The fourth-order valence-corrected chi connectivity index (χ4v) is 0.638. The van der Waals surface area contributed by atoms with Gasteiger partial charge >= 0.3 is 0 Å². The molecule has 2 unspecified atom stereocenters. The molecule has 0 radical (unpaired) electrons. The van der Waals surface area contributed by atoms with Gasteiger partial charge in [0.15, 0.2) is 0 Å². The van der Waals surface area contributed by atoms with E-state index in [1.807, 2.05) is 20.8 Å². The molecule has 0 aliphatic rings. The Morgan fingerprint density at radius 2 is 1.92 bits per heavy atom. The Hall–Kier alpha value is -0.120. The Balaban J connectivity index is 3.75. The Kier molecular flexibility index (Phi) is 4.75. The third-order valence-electron chi connectivity index (χ3n) is 2.29. The van der Waals surface area contributed by atoms with E-state index in [1.54, 1.807) is 14.0 Å². The van der Waals surface area contributed by atoms with Crippen LogP contribution in [0.25, 0.3) is 0 Å². The van der Waals surface area contributed by atoms with Gasteiger partial charge in [0.2, 0.25) is 0 Å². The van der Waals surface area contributed by atoms with Gasteiger partial charge in [0.05, 0.1) is 12.2 Å². The number of rotatable bonds is 5. The number of ether oxygens (including phenoxy) is 1. The Bertz CT molecular complexity index is 124.